The van der Waals surface area contributed by atoms with Gasteiger partial charge in [0.05, 0.1) is 24.1 Å². The molecule has 0 saturated heterocycles. The Balaban J connectivity index is 1.93. The molecule has 0 bridgehead atoms. The number of halogens is 1. The Morgan fingerprint density at radius 2 is 2.19 bits per heavy atom. The van der Waals surface area contributed by atoms with E-state index in [1.54, 1.807) is 18.2 Å². The largest absolute Gasteiger partial charge is 0.482 e. The van der Waals surface area contributed by atoms with Crippen LogP contribution >= 0.6 is 0 Å². The fourth-order valence-electron chi connectivity index (χ4n) is 2.13. The Hall–Kier alpha value is -2.76. The fourth-order valence-corrected chi connectivity index (χ4v) is 2.13. The predicted molar refractivity (Wildman–Crippen MR) is 72.7 cm³/mol. The highest BCUT2D eigenvalue weighted by molar-refractivity contribution is 5.98. The summed E-state index contributed by atoms with van der Waals surface area (Å²) in [6, 6.07) is 7.67. The van der Waals surface area contributed by atoms with E-state index in [9.17, 15) is 14.0 Å². The molecule has 1 aromatic heterocycles. The van der Waals surface area contributed by atoms with Gasteiger partial charge in [-0.05, 0) is 30.3 Å². The second-order valence-electron chi connectivity index (χ2n) is 4.58. The molecule has 3 rings (SSSR count). The number of nitrogens with zero attached hydrogens (tertiary/aromatic N) is 2. The molecular weight excluding hydrogens is 275 g/mol. The van der Waals surface area contributed by atoms with Gasteiger partial charge in [-0.1, -0.05) is 0 Å². The normalized spacial score (nSPS) is 13.6. The Bertz CT molecular complexity index is 701. The van der Waals surface area contributed by atoms with Crippen molar-refractivity contribution in [1.29, 1.82) is 0 Å². The van der Waals surface area contributed by atoms with Crippen LogP contribution in [0.1, 0.15) is 16.1 Å². The number of rotatable bonds is 3. The number of hydrogen-bond acceptors (Lipinski definition) is 4. The average molecular weight is 286 g/mol. The molecule has 2 heterocycles. The van der Waals surface area contributed by atoms with Gasteiger partial charge in [-0.25, -0.2) is 4.39 Å². The Morgan fingerprint density at radius 1 is 1.33 bits per heavy atom. The van der Waals surface area contributed by atoms with Gasteiger partial charge >= 0.3 is 0 Å². The number of pyridine rings is 1. The van der Waals surface area contributed by atoms with Gasteiger partial charge in [-0.15, -0.1) is 0 Å². The molecule has 21 heavy (non-hydrogen) atoms. The van der Waals surface area contributed by atoms with E-state index >= 15 is 0 Å². The molecule has 0 unspecified atom stereocenters. The summed E-state index contributed by atoms with van der Waals surface area (Å²) in [7, 11) is 0. The third kappa shape index (κ3) is 2.60. The van der Waals surface area contributed by atoms with E-state index in [4.69, 9.17) is 4.74 Å². The van der Waals surface area contributed by atoms with Crippen molar-refractivity contribution in [2.24, 2.45) is 0 Å². The van der Waals surface area contributed by atoms with Crippen LogP contribution in [0, 0.1) is 5.82 Å². The second kappa shape index (κ2) is 5.32. The molecule has 1 aliphatic heterocycles. The molecule has 0 spiro atoms. The van der Waals surface area contributed by atoms with E-state index < -0.39 is 5.82 Å². The molecule has 0 saturated carbocycles. The molecule has 0 fully saturated rings. The van der Waals surface area contributed by atoms with Gasteiger partial charge in [-0.2, -0.15) is 0 Å². The smallest absolute Gasteiger partial charge is 0.265 e. The summed E-state index contributed by atoms with van der Waals surface area (Å²) < 4.78 is 18.2. The minimum Gasteiger partial charge on any atom is -0.482 e. The van der Waals surface area contributed by atoms with Crippen LogP contribution in [0.3, 0.4) is 0 Å². The number of amides is 1. The van der Waals surface area contributed by atoms with Crippen LogP contribution in [0.15, 0.2) is 36.5 Å². The molecule has 0 radical (unpaired) electrons. The fraction of sp³-hybridized carbons (Fsp3) is 0.133. The second-order valence-corrected chi connectivity index (χ2v) is 4.58. The molecular formula is C15H11FN2O3. The maximum Gasteiger partial charge on any atom is 0.265 e. The van der Waals surface area contributed by atoms with Crippen molar-refractivity contribution in [1.82, 2.24) is 4.98 Å². The van der Waals surface area contributed by atoms with Crippen LogP contribution in [0.4, 0.5) is 10.1 Å². The number of ether oxygens (including phenoxy) is 1. The summed E-state index contributed by atoms with van der Waals surface area (Å²) in [5, 5.41) is 0. The van der Waals surface area contributed by atoms with E-state index in [0.717, 1.165) is 6.20 Å². The number of aldehydes is 1. The van der Waals surface area contributed by atoms with Crippen molar-refractivity contribution in [2.45, 2.75) is 6.54 Å². The van der Waals surface area contributed by atoms with E-state index in [1.165, 1.54) is 17.0 Å². The van der Waals surface area contributed by atoms with Gasteiger partial charge in [0.2, 0.25) is 0 Å². The Labute approximate surface area is 120 Å². The van der Waals surface area contributed by atoms with Gasteiger partial charge in [0, 0.05) is 5.56 Å². The van der Waals surface area contributed by atoms with Crippen molar-refractivity contribution in [3.8, 4) is 5.75 Å². The number of aromatic nitrogens is 1. The summed E-state index contributed by atoms with van der Waals surface area (Å²) in [6.07, 6.45) is 1.82. The standard InChI is InChI=1S/C15H11FN2O3/c16-11-2-3-12(17-6-11)7-18-13-4-1-10(8-19)5-14(13)21-9-15(18)20/h1-6,8H,7,9H2. The highest BCUT2D eigenvalue weighted by atomic mass is 19.1. The number of carbonyl (C=O) groups is 2. The third-order valence-corrected chi connectivity index (χ3v) is 3.17. The highest BCUT2D eigenvalue weighted by Gasteiger charge is 2.26. The summed E-state index contributed by atoms with van der Waals surface area (Å²) in [6.45, 7) is 0.117. The molecule has 106 valence electrons. The van der Waals surface area contributed by atoms with Crippen molar-refractivity contribution in [3.05, 3.63) is 53.6 Å². The zero-order chi connectivity index (χ0) is 14.8. The number of benzene rings is 1. The number of carbonyl (C=O) groups excluding carboxylic acids is 2. The van der Waals surface area contributed by atoms with Crippen molar-refractivity contribution < 1.29 is 18.7 Å². The van der Waals surface area contributed by atoms with Gasteiger partial charge < -0.3 is 4.74 Å². The third-order valence-electron chi connectivity index (χ3n) is 3.17. The van der Waals surface area contributed by atoms with Crippen LogP contribution in [0.5, 0.6) is 5.75 Å². The van der Waals surface area contributed by atoms with Crippen LogP contribution in [0.25, 0.3) is 0 Å². The maximum absolute atomic E-state index is 12.9. The van der Waals surface area contributed by atoms with Crippen molar-refractivity contribution in [2.75, 3.05) is 11.5 Å². The molecule has 2 aromatic rings. The number of fused-ring (bicyclic) bond motifs is 1. The molecule has 1 amide bonds. The summed E-state index contributed by atoms with van der Waals surface area (Å²) in [5.74, 6) is -0.170. The van der Waals surface area contributed by atoms with Crippen molar-refractivity contribution in [3.63, 3.8) is 0 Å². The predicted octanol–water partition coefficient (Wildman–Crippen LogP) is 1.96. The lowest BCUT2D eigenvalue weighted by Gasteiger charge is -2.29. The minimum atomic E-state index is -0.428. The molecule has 1 aromatic carbocycles. The quantitative estimate of drug-likeness (QED) is 0.809. The van der Waals surface area contributed by atoms with Gasteiger partial charge in [-0.3, -0.25) is 19.5 Å². The zero-order valence-electron chi connectivity index (χ0n) is 11.0. The van der Waals surface area contributed by atoms with Crippen LogP contribution in [-0.2, 0) is 11.3 Å². The lowest BCUT2D eigenvalue weighted by atomic mass is 10.1. The van der Waals surface area contributed by atoms with Gasteiger partial charge in [0.1, 0.15) is 17.9 Å². The summed E-state index contributed by atoms with van der Waals surface area (Å²) >= 11 is 0. The first-order chi connectivity index (χ1) is 10.2. The first kappa shape index (κ1) is 13.2. The van der Waals surface area contributed by atoms with E-state index in [2.05, 4.69) is 4.98 Å². The highest BCUT2D eigenvalue weighted by Crippen LogP contribution is 2.33. The summed E-state index contributed by atoms with van der Waals surface area (Å²) in [5.41, 5.74) is 1.61. The number of hydrogen-bond donors (Lipinski definition) is 0. The Morgan fingerprint density at radius 3 is 2.90 bits per heavy atom. The molecule has 0 aliphatic carbocycles. The molecule has 0 atom stereocenters. The lowest BCUT2D eigenvalue weighted by molar-refractivity contribution is -0.121. The topological polar surface area (TPSA) is 59.5 Å². The van der Waals surface area contributed by atoms with Crippen LogP contribution in [0.2, 0.25) is 0 Å². The first-order valence-corrected chi connectivity index (χ1v) is 6.30. The van der Waals surface area contributed by atoms with Crippen LogP contribution in [-0.4, -0.2) is 23.8 Å². The lowest BCUT2D eigenvalue weighted by Crippen LogP contribution is -2.38. The molecule has 6 heteroatoms. The van der Waals surface area contributed by atoms with E-state index in [0.29, 0.717) is 29.0 Å². The molecule has 1 aliphatic rings. The van der Waals surface area contributed by atoms with Gasteiger partial charge in [0.15, 0.2) is 6.61 Å². The average Bonchev–Trinajstić information content (AvgIpc) is 2.51. The van der Waals surface area contributed by atoms with E-state index in [-0.39, 0.29) is 19.1 Å². The monoisotopic (exact) mass is 286 g/mol. The zero-order valence-corrected chi connectivity index (χ0v) is 11.0. The Kier molecular flexibility index (Phi) is 3.35. The molecule has 0 N–H and O–H groups in total. The number of anilines is 1. The molecule has 5 nitrogen and oxygen atoms in total. The van der Waals surface area contributed by atoms with Crippen LogP contribution < -0.4 is 9.64 Å². The first-order valence-electron chi connectivity index (χ1n) is 6.30. The maximum atomic E-state index is 12.9. The SMILES string of the molecule is O=Cc1ccc2c(c1)OCC(=O)N2Cc1ccc(F)cn1. The van der Waals surface area contributed by atoms with Gasteiger partial charge in [0.25, 0.3) is 5.91 Å². The van der Waals surface area contributed by atoms with E-state index in [1.807, 2.05) is 0 Å². The minimum absolute atomic E-state index is 0.101. The van der Waals surface area contributed by atoms with Crippen molar-refractivity contribution >= 4 is 17.9 Å². The summed E-state index contributed by atoms with van der Waals surface area (Å²) in [4.78, 5) is 28.2.